The van der Waals surface area contributed by atoms with Crippen molar-refractivity contribution in [3.8, 4) is 0 Å². The van der Waals surface area contributed by atoms with Crippen molar-refractivity contribution >= 4 is 11.9 Å². The van der Waals surface area contributed by atoms with Gasteiger partial charge in [0.25, 0.3) is 0 Å². The Morgan fingerprint density at radius 1 is 1.35 bits per heavy atom. The van der Waals surface area contributed by atoms with Crippen LogP contribution in [0.4, 0.5) is 0 Å². The Labute approximate surface area is 120 Å². The van der Waals surface area contributed by atoms with E-state index in [1.807, 2.05) is 6.92 Å². The number of nitrogens with one attached hydrogen (secondary N) is 1. The van der Waals surface area contributed by atoms with E-state index < -0.39 is 11.4 Å². The number of piperidine rings is 1. The number of likely N-dealkylation sites (tertiary alicyclic amines) is 1. The maximum Gasteiger partial charge on any atom is 0.309 e. The van der Waals surface area contributed by atoms with Crippen molar-refractivity contribution in [1.82, 2.24) is 10.2 Å². The van der Waals surface area contributed by atoms with Gasteiger partial charge in [-0.05, 0) is 19.3 Å². The van der Waals surface area contributed by atoms with Gasteiger partial charge in [-0.15, -0.1) is 0 Å². The number of amides is 1. The summed E-state index contributed by atoms with van der Waals surface area (Å²) in [6.07, 6.45) is 2.66. The molecule has 1 heterocycles. The van der Waals surface area contributed by atoms with Gasteiger partial charge in [0, 0.05) is 26.7 Å². The third kappa shape index (κ3) is 4.45. The molecular weight excluding hydrogens is 260 g/mol. The van der Waals surface area contributed by atoms with Crippen molar-refractivity contribution in [2.45, 2.75) is 32.6 Å². The number of carbonyl (C=O) groups is 2. The summed E-state index contributed by atoms with van der Waals surface area (Å²) in [4.78, 5) is 25.2. The van der Waals surface area contributed by atoms with Crippen molar-refractivity contribution in [1.29, 1.82) is 0 Å². The number of hydrogen-bond acceptors (Lipinski definition) is 4. The SMILES string of the molecule is CCCC1(C(=O)O)CCN(C(=O)CNCCOC)CC1. The smallest absolute Gasteiger partial charge is 0.309 e. The van der Waals surface area contributed by atoms with Crippen LogP contribution in [0.15, 0.2) is 0 Å². The summed E-state index contributed by atoms with van der Waals surface area (Å²) in [5.41, 5.74) is -0.630. The molecule has 20 heavy (non-hydrogen) atoms. The van der Waals surface area contributed by atoms with Gasteiger partial charge in [0.05, 0.1) is 18.6 Å². The fourth-order valence-electron chi connectivity index (χ4n) is 2.71. The number of hydrogen-bond donors (Lipinski definition) is 2. The minimum absolute atomic E-state index is 0.0385. The number of methoxy groups -OCH3 is 1. The van der Waals surface area contributed by atoms with Gasteiger partial charge in [0.1, 0.15) is 0 Å². The molecule has 0 aromatic rings. The number of rotatable bonds is 8. The number of aliphatic carboxylic acids is 1. The predicted octanol–water partition coefficient (Wildman–Crippen LogP) is 0.716. The van der Waals surface area contributed by atoms with Gasteiger partial charge in [-0.1, -0.05) is 13.3 Å². The maximum absolute atomic E-state index is 12.0. The summed E-state index contributed by atoms with van der Waals surface area (Å²) >= 11 is 0. The minimum Gasteiger partial charge on any atom is -0.481 e. The molecule has 0 aromatic carbocycles. The van der Waals surface area contributed by atoms with Crippen LogP contribution in [0.5, 0.6) is 0 Å². The van der Waals surface area contributed by atoms with E-state index in [4.69, 9.17) is 4.74 Å². The first kappa shape index (κ1) is 16.9. The zero-order valence-corrected chi connectivity index (χ0v) is 12.5. The maximum atomic E-state index is 12.0. The third-order valence-corrected chi connectivity index (χ3v) is 4.01. The Morgan fingerprint density at radius 2 is 2.00 bits per heavy atom. The molecule has 0 radical (unpaired) electrons. The monoisotopic (exact) mass is 286 g/mol. The highest BCUT2D eigenvalue weighted by atomic mass is 16.5. The molecule has 1 saturated heterocycles. The summed E-state index contributed by atoms with van der Waals surface area (Å²) < 4.78 is 4.90. The van der Waals surface area contributed by atoms with Crippen molar-refractivity contribution in [3.63, 3.8) is 0 Å². The van der Waals surface area contributed by atoms with Gasteiger partial charge >= 0.3 is 5.97 Å². The Bertz CT molecular complexity index is 325. The highest BCUT2D eigenvalue weighted by Gasteiger charge is 2.41. The standard InChI is InChI=1S/C14H26N2O4/c1-3-4-14(13(18)19)5-8-16(9-6-14)12(17)11-15-7-10-20-2/h15H,3-11H2,1-2H3,(H,18,19). The second kappa shape index (κ2) is 8.21. The van der Waals surface area contributed by atoms with Crippen LogP contribution in [-0.4, -0.2) is 61.8 Å². The Balaban J connectivity index is 2.40. The minimum atomic E-state index is -0.718. The van der Waals surface area contributed by atoms with E-state index in [0.29, 0.717) is 45.5 Å². The van der Waals surface area contributed by atoms with Gasteiger partial charge in [0.15, 0.2) is 0 Å². The number of nitrogens with zero attached hydrogens (tertiary/aromatic N) is 1. The number of carboxylic acids is 1. The van der Waals surface area contributed by atoms with Crippen LogP contribution >= 0.6 is 0 Å². The van der Waals surface area contributed by atoms with Crippen LogP contribution in [-0.2, 0) is 14.3 Å². The molecule has 0 aromatic heterocycles. The summed E-state index contributed by atoms with van der Waals surface area (Å²) in [5.74, 6) is -0.679. The molecule has 0 bridgehead atoms. The molecule has 2 N–H and O–H groups in total. The second-order valence-electron chi connectivity index (χ2n) is 5.39. The molecule has 6 nitrogen and oxygen atoms in total. The molecule has 0 aliphatic carbocycles. The van der Waals surface area contributed by atoms with Gasteiger partial charge in [0.2, 0.25) is 5.91 Å². The summed E-state index contributed by atoms with van der Waals surface area (Å²) in [7, 11) is 1.62. The lowest BCUT2D eigenvalue weighted by molar-refractivity contribution is -0.154. The number of carboxylic acid groups (broad SMARTS) is 1. The highest BCUT2D eigenvalue weighted by Crippen LogP contribution is 2.36. The zero-order chi connectivity index (χ0) is 15.0. The largest absolute Gasteiger partial charge is 0.481 e. The lowest BCUT2D eigenvalue weighted by Crippen LogP contribution is -2.48. The second-order valence-corrected chi connectivity index (χ2v) is 5.39. The molecule has 116 valence electrons. The van der Waals surface area contributed by atoms with Crippen molar-refractivity contribution < 1.29 is 19.4 Å². The van der Waals surface area contributed by atoms with Crippen LogP contribution < -0.4 is 5.32 Å². The van der Waals surface area contributed by atoms with E-state index in [2.05, 4.69) is 5.32 Å². The van der Waals surface area contributed by atoms with Crippen LogP contribution in [0.2, 0.25) is 0 Å². The number of carbonyl (C=O) groups excluding carboxylic acids is 1. The highest BCUT2D eigenvalue weighted by molar-refractivity contribution is 5.79. The first-order chi connectivity index (χ1) is 9.55. The third-order valence-electron chi connectivity index (χ3n) is 4.01. The lowest BCUT2D eigenvalue weighted by atomic mass is 9.75. The van der Waals surface area contributed by atoms with Crippen molar-refractivity contribution in [2.24, 2.45) is 5.41 Å². The van der Waals surface area contributed by atoms with E-state index in [-0.39, 0.29) is 12.5 Å². The Kier molecular flexibility index (Phi) is 6.95. The van der Waals surface area contributed by atoms with E-state index in [1.54, 1.807) is 12.0 Å². The molecule has 0 saturated carbocycles. The Hall–Kier alpha value is -1.14. The fourth-order valence-corrected chi connectivity index (χ4v) is 2.71. The molecular formula is C14H26N2O4. The van der Waals surface area contributed by atoms with Gasteiger partial charge < -0.3 is 20.1 Å². The molecule has 1 rings (SSSR count). The van der Waals surface area contributed by atoms with Gasteiger partial charge in [-0.3, -0.25) is 9.59 Å². The van der Waals surface area contributed by atoms with E-state index in [0.717, 1.165) is 6.42 Å². The fraction of sp³-hybridized carbons (Fsp3) is 0.857. The molecule has 1 aliphatic rings. The Morgan fingerprint density at radius 3 is 2.50 bits per heavy atom. The van der Waals surface area contributed by atoms with Gasteiger partial charge in [-0.25, -0.2) is 0 Å². The van der Waals surface area contributed by atoms with E-state index in [1.165, 1.54) is 0 Å². The van der Waals surface area contributed by atoms with E-state index >= 15 is 0 Å². The average molecular weight is 286 g/mol. The van der Waals surface area contributed by atoms with Gasteiger partial charge in [-0.2, -0.15) is 0 Å². The van der Waals surface area contributed by atoms with Crippen LogP contribution in [0.25, 0.3) is 0 Å². The number of ether oxygens (including phenoxy) is 1. The van der Waals surface area contributed by atoms with Crippen LogP contribution in [0.1, 0.15) is 32.6 Å². The lowest BCUT2D eigenvalue weighted by Gasteiger charge is -2.38. The summed E-state index contributed by atoms with van der Waals surface area (Å²) in [6, 6.07) is 0. The predicted molar refractivity (Wildman–Crippen MR) is 75.5 cm³/mol. The average Bonchev–Trinajstić information content (AvgIpc) is 2.44. The molecule has 0 unspecified atom stereocenters. The quantitative estimate of drug-likeness (QED) is 0.643. The summed E-state index contributed by atoms with van der Waals surface area (Å²) in [6.45, 7) is 4.59. The van der Waals surface area contributed by atoms with Crippen LogP contribution in [0.3, 0.4) is 0 Å². The first-order valence-corrected chi connectivity index (χ1v) is 7.26. The topological polar surface area (TPSA) is 78.9 Å². The van der Waals surface area contributed by atoms with Crippen LogP contribution in [0, 0.1) is 5.41 Å². The zero-order valence-electron chi connectivity index (χ0n) is 12.5. The molecule has 6 heteroatoms. The van der Waals surface area contributed by atoms with Crippen molar-refractivity contribution in [2.75, 3.05) is 39.9 Å². The molecule has 0 spiro atoms. The molecule has 0 atom stereocenters. The van der Waals surface area contributed by atoms with Crippen molar-refractivity contribution in [3.05, 3.63) is 0 Å². The normalized spacial score (nSPS) is 18.0. The molecule has 1 aliphatic heterocycles. The summed E-state index contributed by atoms with van der Waals surface area (Å²) in [5, 5.41) is 12.4. The van der Waals surface area contributed by atoms with E-state index in [9.17, 15) is 14.7 Å². The first-order valence-electron chi connectivity index (χ1n) is 7.26. The molecule has 1 fully saturated rings. The molecule has 1 amide bonds.